The molecule has 0 bridgehead atoms. The Morgan fingerprint density at radius 2 is 2.19 bits per heavy atom. The van der Waals surface area contributed by atoms with Crippen LogP contribution in [0.3, 0.4) is 0 Å². The average molecular weight is 292 g/mol. The summed E-state index contributed by atoms with van der Waals surface area (Å²) in [6, 6.07) is 1.69. The number of ether oxygens (including phenoxy) is 1. The van der Waals surface area contributed by atoms with Gasteiger partial charge in [-0.15, -0.1) is 0 Å². The SMILES string of the molecule is CCCc1cc(C(=O)OCc2nc(C(C)(C)C)no2)n[nH]1. The quantitative estimate of drug-likeness (QED) is 0.850. The van der Waals surface area contributed by atoms with Crippen molar-refractivity contribution < 1.29 is 14.1 Å². The summed E-state index contributed by atoms with van der Waals surface area (Å²) in [4.78, 5) is 16.0. The number of nitrogens with zero attached hydrogens (tertiary/aromatic N) is 3. The largest absolute Gasteiger partial charge is 0.451 e. The topological polar surface area (TPSA) is 93.9 Å². The number of esters is 1. The highest BCUT2D eigenvalue weighted by Crippen LogP contribution is 2.18. The molecule has 21 heavy (non-hydrogen) atoms. The molecule has 7 nitrogen and oxygen atoms in total. The Bertz CT molecular complexity index is 610. The molecular formula is C14H20N4O3. The number of aryl methyl sites for hydroxylation is 1. The van der Waals surface area contributed by atoms with Gasteiger partial charge in [0.05, 0.1) is 0 Å². The van der Waals surface area contributed by atoms with Crippen molar-refractivity contribution in [2.24, 2.45) is 0 Å². The minimum absolute atomic E-state index is 0.0577. The number of hydrogen-bond acceptors (Lipinski definition) is 6. The Balaban J connectivity index is 1.92. The minimum Gasteiger partial charge on any atom is -0.451 e. The Hall–Kier alpha value is -2.18. The maximum atomic E-state index is 11.8. The van der Waals surface area contributed by atoms with E-state index in [-0.39, 0.29) is 23.6 Å². The van der Waals surface area contributed by atoms with Crippen LogP contribution in [-0.4, -0.2) is 26.3 Å². The van der Waals surface area contributed by atoms with Gasteiger partial charge in [-0.05, 0) is 12.5 Å². The van der Waals surface area contributed by atoms with E-state index < -0.39 is 5.97 Å². The van der Waals surface area contributed by atoms with Gasteiger partial charge in [-0.25, -0.2) is 4.79 Å². The van der Waals surface area contributed by atoms with Gasteiger partial charge in [0.2, 0.25) is 0 Å². The van der Waals surface area contributed by atoms with Crippen molar-refractivity contribution in [3.8, 4) is 0 Å². The first kappa shape index (κ1) is 15.2. The summed E-state index contributed by atoms with van der Waals surface area (Å²) in [7, 11) is 0. The van der Waals surface area contributed by atoms with Gasteiger partial charge in [-0.2, -0.15) is 10.1 Å². The third-order valence-electron chi connectivity index (χ3n) is 2.83. The molecule has 0 aliphatic rings. The van der Waals surface area contributed by atoms with E-state index >= 15 is 0 Å². The first-order valence-corrected chi connectivity index (χ1v) is 6.94. The van der Waals surface area contributed by atoms with Gasteiger partial charge in [-0.3, -0.25) is 5.10 Å². The Kier molecular flexibility index (Phi) is 4.40. The molecule has 2 heterocycles. The molecule has 2 aromatic rings. The smallest absolute Gasteiger partial charge is 0.359 e. The van der Waals surface area contributed by atoms with Crippen molar-refractivity contribution in [2.75, 3.05) is 0 Å². The van der Waals surface area contributed by atoms with Crippen molar-refractivity contribution in [3.05, 3.63) is 29.2 Å². The van der Waals surface area contributed by atoms with Crippen LogP contribution in [0.5, 0.6) is 0 Å². The van der Waals surface area contributed by atoms with Crippen molar-refractivity contribution >= 4 is 5.97 Å². The molecule has 7 heteroatoms. The molecule has 0 atom stereocenters. The van der Waals surface area contributed by atoms with Crippen molar-refractivity contribution in [1.29, 1.82) is 0 Å². The number of H-pyrrole nitrogens is 1. The zero-order valence-corrected chi connectivity index (χ0v) is 12.8. The van der Waals surface area contributed by atoms with Crippen molar-refractivity contribution in [2.45, 2.75) is 52.6 Å². The molecule has 0 aromatic carbocycles. The van der Waals surface area contributed by atoms with Gasteiger partial charge in [0.15, 0.2) is 18.1 Å². The lowest BCUT2D eigenvalue weighted by Crippen LogP contribution is -2.13. The van der Waals surface area contributed by atoms with Gasteiger partial charge in [0.25, 0.3) is 5.89 Å². The summed E-state index contributed by atoms with van der Waals surface area (Å²) in [5.41, 5.74) is 0.967. The summed E-state index contributed by atoms with van der Waals surface area (Å²) in [6.45, 7) is 7.94. The molecule has 2 aromatic heterocycles. The van der Waals surface area contributed by atoms with E-state index in [4.69, 9.17) is 9.26 Å². The standard InChI is InChI=1S/C14H20N4O3/c1-5-6-9-7-10(17-16-9)12(19)20-8-11-15-13(18-21-11)14(2,3)4/h7H,5-6,8H2,1-4H3,(H,16,17). The molecule has 114 valence electrons. The highest BCUT2D eigenvalue weighted by atomic mass is 16.6. The summed E-state index contributed by atoms with van der Waals surface area (Å²) >= 11 is 0. The highest BCUT2D eigenvalue weighted by Gasteiger charge is 2.21. The molecule has 2 rings (SSSR count). The number of carbonyl (C=O) groups excluding carboxylic acids is 1. The van der Waals surface area contributed by atoms with Gasteiger partial charge in [0.1, 0.15) is 0 Å². The second kappa shape index (κ2) is 6.07. The molecule has 0 aliphatic carbocycles. The van der Waals surface area contributed by atoms with Crippen LogP contribution >= 0.6 is 0 Å². The average Bonchev–Trinajstić information content (AvgIpc) is 3.04. The first-order chi connectivity index (χ1) is 9.90. The van der Waals surface area contributed by atoms with Crippen LogP contribution in [0.25, 0.3) is 0 Å². The van der Waals surface area contributed by atoms with Crippen molar-refractivity contribution in [1.82, 2.24) is 20.3 Å². The van der Waals surface area contributed by atoms with Gasteiger partial charge < -0.3 is 9.26 Å². The van der Waals surface area contributed by atoms with Crippen LogP contribution in [0.1, 0.15) is 62.0 Å². The van der Waals surface area contributed by atoms with Crippen molar-refractivity contribution in [3.63, 3.8) is 0 Å². The summed E-state index contributed by atoms with van der Waals surface area (Å²) in [6.07, 6.45) is 1.83. The molecular weight excluding hydrogens is 272 g/mol. The molecule has 0 saturated heterocycles. The predicted octanol–water partition coefficient (Wildman–Crippen LogP) is 2.40. The molecule has 0 saturated carbocycles. The van der Waals surface area contributed by atoms with Crippen LogP contribution < -0.4 is 0 Å². The minimum atomic E-state index is -0.510. The van der Waals surface area contributed by atoms with Crippen LogP contribution in [0, 0.1) is 0 Å². The van der Waals surface area contributed by atoms with Gasteiger partial charge in [-0.1, -0.05) is 39.3 Å². The fourth-order valence-corrected chi connectivity index (χ4v) is 1.68. The molecule has 1 N–H and O–H groups in total. The first-order valence-electron chi connectivity index (χ1n) is 6.94. The second-order valence-corrected chi connectivity index (χ2v) is 5.87. The van der Waals surface area contributed by atoms with E-state index in [2.05, 4.69) is 27.3 Å². The normalized spacial score (nSPS) is 11.6. The monoisotopic (exact) mass is 292 g/mol. The van der Waals surface area contributed by atoms with Crippen LogP contribution in [0.2, 0.25) is 0 Å². The van der Waals surface area contributed by atoms with E-state index in [1.807, 2.05) is 20.8 Å². The predicted molar refractivity (Wildman–Crippen MR) is 74.7 cm³/mol. The van der Waals surface area contributed by atoms with E-state index in [1.54, 1.807) is 6.07 Å². The van der Waals surface area contributed by atoms with Gasteiger partial charge in [0, 0.05) is 11.1 Å². The molecule has 0 aliphatic heterocycles. The van der Waals surface area contributed by atoms with Crippen LogP contribution in [-0.2, 0) is 23.2 Å². The third kappa shape index (κ3) is 3.90. The summed E-state index contributed by atoms with van der Waals surface area (Å²) < 4.78 is 10.2. The van der Waals surface area contributed by atoms with Gasteiger partial charge >= 0.3 is 5.97 Å². The molecule has 0 unspecified atom stereocenters. The number of nitrogens with one attached hydrogen (secondary N) is 1. The third-order valence-corrected chi connectivity index (χ3v) is 2.83. The summed E-state index contributed by atoms with van der Waals surface area (Å²) in [5.74, 6) is 0.347. The maximum absolute atomic E-state index is 11.8. The highest BCUT2D eigenvalue weighted by molar-refractivity contribution is 5.87. The zero-order valence-electron chi connectivity index (χ0n) is 12.8. The lowest BCUT2D eigenvalue weighted by Gasteiger charge is -2.10. The lowest BCUT2D eigenvalue weighted by molar-refractivity contribution is 0.0423. The summed E-state index contributed by atoms with van der Waals surface area (Å²) in [5, 5.41) is 10.6. The van der Waals surface area contributed by atoms with Crippen LogP contribution in [0.4, 0.5) is 0 Å². The van der Waals surface area contributed by atoms with E-state index in [0.29, 0.717) is 5.82 Å². The molecule has 0 radical (unpaired) electrons. The Morgan fingerprint density at radius 1 is 1.43 bits per heavy atom. The Labute approximate surface area is 123 Å². The molecule has 0 amide bonds. The van der Waals surface area contributed by atoms with E-state index in [0.717, 1.165) is 18.5 Å². The van der Waals surface area contributed by atoms with Crippen LogP contribution in [0.15, 0.2) is 10.6 Å². The second-order valence-electron chi connectivity index (χ2n) is 5.87. The molecule has 0 spiro atoms. The zero-order chi connectivity index (χ0) is 15.5. The number of aromatic nitrogens is 4. The molecule has 0 fully saturated rings. The number of carbonyl (C=O) groups is 1. The Morgan fingerprint density at radius 3 is 2.81 bits per heavy atom. The van der Waals surface area contributed by atoms with E-state index in [9.17, 15) is 4.79 Å². The number of rotatable bonds is 5. The number of aromatic amines is 1. The number of hydrogen-bond donors (Lipinski definition) is 1. The fourth-order valence-electron chi connectivity index (χ4n) is 1.68. The fraction of sp³-hybridized carbons (Fsp3) is 0.571. The van der Waals surface area contributed by atoms with E-state index in [1.165, 1.54) is 0 Å². The maximum Gasteiger partial charge on any atom is 0.359 e. The lowest BCUT2D eigenvalue weighted by atomic mass is 9.96.